The molecule has 0 aliphatic rings. The molecule has 2 rings (SSSR count). The van der Waals surface area contributed by atoms with Gasteiger partial charge in [0.25, 0.3) is 5.91 Å². The van der Waals surface area contributed by atoms with Crippen LogP contribution in [0.5, 0.6) is 0 Å². The van der Waals surface area contributed by atoms with E-state index in [2.05, 4.69) is 22.4 Å². The second-order valence-corrected chi connectivity index (χ2v) is 4.43. The minimum absolute atomic E-state index is 0.0936. The van der Waals surface area contributed by atoms with Gasteiger partial charge in [0.1, 0.15) is 0 Å². The van der Waals surface area contributed by atoms with Crippen molar-refractivity contribution in [3.63, 3.8) is 0 Å². The predicted octanol–water partition coefficient (Wildman–Crippen LogP) is 2.87. The summed E-state index contributed by atoms with van der Waals surface area (Å²) in [5.74, 6) is -0.0936. The molecule has 0 fully saturated rings. The number of nitrogens with zero attached hydrogens (tertiary/aromatic N) is 1. The van der Waals surface area contributed by atoms with E-state index in [1.165, 1.54) is 12.8 Å². The molecule has 1 heterocycles. The van der Waals surface area contributed by atoms with Crippen LogP contribution in [0.4, 0.5) is 0 Å². The highest BCUT2D eigenvalue weighted by molar-refractivity contribution is 6.04. The van der Waals surface area contributed by atoms with E-state index in [4.69, 9.17) is 0 Å². The highest BCUT2D eigenvalue weighted by atomic mass is 16.1. The summed E-state index contributed by atoms with van der Waals surface area (Å²) in [6.07, 6.45) is 4.62. The first-order valence-electron chi connectivity index (χ1n) is 6.54. The molecule has 4 nitrogen and oxygen atoms in total. The first-order chi connectivity index (χ1) is 8.83. The molecule has 4 heteroatoms. The number of aromatic nitrogens is 2. The van der Waals surface area contributed by atoms with E-state index < -0.39 is 0 Å². The molecule has 0 spiro atoms. The van der Waals surface area contributed by atoms with E-state index in [0.717, 1.165) is 30.3 Å². The number of unbranched alkanes of at least 4 members (excludes halogenated alkanes) is 3. The molecule has 0 radical (unpaired) electrons. The Hall–Kier alpha value is -1.84. The minimum atomic E-state index is -0.0936. The molecule has 0 saturated carbocycles. The average molecular weight is 245 g/mol. The lowest BCUT2D eigenvalue weighted by Crippen LogP contribution is -2.24. The monoisotopic (exact) mass is 245 g/mol. The van der Waals surface area contributed by atoms with Gasteiger partial charge >= 0.3 is 0 Å². The molecule has 0 bridgehead atoms. The summed E-state index contributed by atoms with van der Waals surface area (Å²) in [5.41, 5.74) is 1.38. The van der Waals surface area contributed by atoms with E-state index in [1.54, 1.807) is 0 Å². The normalized spacial score (nSPS) is 10.7. The Morgan fingerprint density at radius 3 is 2.94 bits per heavy atom. The number of hydrogen-bond acceptors (Lipinski definition) is 2. The molecule has 1 aromatic carbocycles. The number of carbonyl (C=O) groups is 1. The zero-order chi connectivity index (χ0) is 12.8. The molecule has 0 aliphatic heterocycles. The highest BCUT2D eigenvalue weighted by Crippen LogP contribution is 2.14. The number of hydrogen-bond donors (Lipinski definition) is 2. The summed E-state index contributed by atoms with van der Waals surface area (Å²) in [7, 11) is 0. The van der Waals surface area contributed by atoms with Crippen LogP contribution in [-0.4, -0.2) is 22.6 Å². The number of fused-ring (bicyclic) bond motifs is 1. The smallest absolute Gasteiger partial charge is 0.272 e. The number of aromatic amines is 1. The van der Waals surface area contributed by atoms with E-state index in [0.29, 0.717) is 5.69 Å². The van der Waals surface area contributed by atoms with Gasteiger partial charge in [0, 0.05) is 11.9 Å². The van der Waals surface area contributed by atoms with Gasteiger partial charge in [-0.1, -0.05) is 44.4 Å². The Kier molecular flexibility index (Phi) is 4.34. The molecule has 1 aromatic heterocycles. The fourth-order valence-corrected chi connectivity index (χ4v) is 1.97. The lowest BCUT2D eigenvalue weighted by atomic mass is 10.2. The van der Waals surface area contributed by atoms with Gasteiger partial charge < -0.3 is 5.32 Å². The van der Waals surface area contributed by atoms with Crippen molar-refractivity contribution in [3.8, 4) is 0 Å². The number of H-pyrrole nitrogens is 1. The highest BCUT2D eigenvalue weighted by Gasteiger charge is 2.12. The molecule has 1 amide bonds. The van der Waals surface area contributed by atoms with Crippen LogP contribution in [0.3, 0.4) is 0 Å². The molecule has 18 heavy (non-hydrogen) atoms. The third kappa shape index (κ3) is 2.88. The van der Waals surface area contributed by atoms with E-state index in [-0.39, 0.29) is 5.91 Å². The lowest BCUT2D eigenvalue weighted by Gasteiger charge is -2.02. The van der Waals surface area contributed by atoms with Crippen LogP contribution >= 0.6 is 0 Å². The van der Waals surface area contributed by atoms with Crippen LogP contribution in [0.25, 0.3) is 10.9 Å². The maximum atomic E-state index is 12.0. The quantitative estimate of drug-likeness (QED) is 0.769. The second-order valence-electron chi connectivity index (χ2n) is 4.43. The molecule has 2 aromatic rings. The van der Waals surface area contributed by atoms with Gasteiger partial charge in [-0.05, 0) is 12.5 Å². The third-order valence-corrected chi connectivity index (χ3v) is 3.00. The fourth-order valence-electron chi connectivity index (χ4n) is 1.97. The maximum absolute atomic E-state index is 12.0. The number of rotatable bonds is 6. The predicted molar refractivity (Wildman–Crippen MR) is 72.6 cm³/mol. The zero-order valence-corrected chi connectivity index (χ0v) is 10.7. The Balaban J connectivity index is 1.93. The van der Waals surface area contributed by atoms with Gasteiger partial charge in [0.2, 0.25) is 0 Å². The number of carbonyl (C=O) groups excluding carboxylic acids is 1. The standard InChI is InChI=1S/C14H19N3O/c1-2-3-4-7-10-15-14(18)13-11-8-5-6-9-12(11)16-17-13/h5-6,8-9H,2-4,7,10H2,1H3,(H,15,18)(H,16,17). The van der Waals surface area contributed by atoms with Crippen molar-refractivity contribution in [2.45, 2.75) is 32.6 Å². The third-order valence-electron chi connectivity index (χ3n) is 3.00. The van der Waals surface area contributed by atoms with Crippen LogP contribution in [0.2, 0.25) is 0 Å². The van der Waals surface area contributed by atoms with Gasteiger partial charge in [0.05, 0.1) is 5.52 Å². The van der Waals surface area contributed by atoms with E-state index >= 15 is 0 Å². The van der Waals surface area contributed by atoms with Crippen molar-refractivity contribution in [2.75, 3.05) is 6.54 Å². The number of benzene rings is 1. The fraction of sp³-hybridized carbons (Fsp3) is 0.429. The summed E-state index contributed by atoms with van der Waals surface area (Å²) in [6, 6.07) is 7.66. The van der Waals surface area contributed by atoms with Crippen LogP contribution in [0.15, 0.2) is 24.3 Å². The van der Waals surface area contributed by atoms with Crippen molar-refractivity contribution in [1.82, 2.24) is 15.5 Å². The summed E-state index contributed by atoms with van der Waals surface area (Å²) >= 11 is 0. The number of nitrogens with one attached hydrogen (secondary N) is 2. The van der Waals surface area contributed by atoms with E-state index in [9.17, 15) is 4.79 Å². The van der Waals surface area contributed by atoms with Gasteiger partial charge in [-0.15, -0.1) is 0 Å². The van der Waals surface area contributed by atoms with Crippen molar-refractivity contribution in [3.05, 3.63) is 30.0 Å². The maximum Gasteiger partial charge on any atom is 0.272 e. The van der Waals surface area contributed by atoms with Gasteiger partial charge in [0.15, 0.2) is 5.69 Å². The van der Waals surface area contributed by atoms with Crippen LogP contribution in [-0.2, 0) is 0 Å². The van der Waals surface area contributed by atoms with Crippen molar-refractivity contribution < 1.29 is 4.79 Å². The van der Waals surface area contributed by atoms with Crippen molar-refractivity contribution >= 4 is 16.8 Å². The van der Waals surface area contributed by atoms with Crippen LogP contribution < -0.4 is 5.32 Å². The molecule has 0 atom stereocenters. The molecule has 96 valence electrons. The minimum Gasteiger partial charge on any atom is -0.351 e. The zero-order valence-electron chi connectivity index (χ0n) is 10.7. The first kappa shape index (κ1) is 12.6. The Labute approximate surface area is 107 Å². The van der Waals surface area contributed by atoms with Gasteiger partial charge in [-0.3, -0.25) is 9.89 Å². The molecular weight excluding hydrogens is 226 g/mol. The Morgan fingerprint density at radius 2 is 2.11 bits per heavy atom. The van der Waals surface area contributed by atoms with Gasteiger partial charge in [-0.2, -0.15) is 5.10 Å². The van der Waals surface area contributed by atoms with Gasteiger partial charge in [-0.25, -0.2) is 0 Å². The Morgan fingerprint density at radius 1 is 1.28 bits per heavy atom. The van der Waals surface area contributed by atoms with E-state index in [1.807, 2.05) is 24.3 Å². The summed E-state index contributed by atoms with van der Waals surface area (Å²) < 4.78 is 0. The molecule has 0 saturated heterocycles. The average Bonchev–Trinajstić information content (AvgIpc) is 2.82. The molecular formula is C14H19N3O. The summed E-state index contributed by atoms with van der Waals surface area (Å²) in [5, 5.41) is 10.7. The van der Waals surface area contributed by atoms with Crippen molar-refractivity contribution in [2.24, 2.45) is 0 Å². The Bertz CT molecular complexity index is 518. The second kappa shape index (κ2) is 6.19. The SMILES string of the molecule is CCCCCCNC(=O)c1n[nH]c2ccccc12. The molecule has 0 aliphatic carbocycles. The van der Waals surface area contributed by atoms with Crippen LogP contribution in [0.1, 0.15) is 43.1 Å². The topological polar surface area (TPSA) is 57.8 Å². The van der Waals surface area contributed by atoms with Crippen LogP contribution in [0, 0.1) is 0 Å². The van der Waals surface area contributed by atoms with Crippen molar-refractivity contribution in [1.29, 1.82) is 0 Å². The number of amides is 1. The molecule has 0 unspecified atom stereocenters. The summed E-state index contributed by atoms with van der Waals surface area (Å²) in [4.78, 5) is 12.0. The summed E-state index contributed by atoms with van der Waals surface area (Å²) in [6.45, 7) is 2.90. The lowest BCUT2D eigenvalue weighted by molar-refractivity contribution is 0.0949. The first-order valence-corrected chi connectivity index (χ1v) is 6.54. The molecule has 2 N–H and O–H groups in total. The number of para-hydroxylation sites is 1. The largest absolute Gasteiger partial charge is 0.351 e.